The summed E-state index contributed by atoms with van der Waals surface area (Å²) in [6.45, 7) is 2.75. The van der Waals surface area contributed by atoms with Crippen molar-refractivity contribution in [3.05, 3.63) is 36.0 Å². The second-order valence-corrected chi connectivity index (χ2v) is 7.32. The number of furan rings is 1. The fraction of sp³-hybridized carbons (Fsp3) is 0.556. The van der Waals surface area contributed by atoms with Gasteiger partial charge in [-0.15, -0.1) is 24.8 Å². The quantitative estimate of drug-likeness (QED) is 0.490. The standard InChI is InChI=1S/C18H26N4O3S.2ClH/c1-21-11-8-20-18(21)26-13-15-3-4-16(25-15)17(23)22-9-5-14(6-10-22)24-12-2-7-19;;/h3-4,8,11,14H,2,5-7,9-10,12-13,19H2,1H3;2*1H. The lowest BCUT2D eigenvalue weighted by Crippen LogP contribution is -2.40. The molecule has 0 aromatic carbocycles. The average Bonchev–Trinajstić information content (AvgIpc) is 3.29. The number of hydrogen-bond acceptors (Lipinski definition) is 6. The summed E-state index contributed by atoms with van der Waals surface area (Å²) in [5.74, 6) is 1.79. The molecule has 28 heavy (non-hydrogen) atoms. The molecule has 0 spiro atoms. The van der Waals surface area contributed by atoms with Gasteiger partial charge in [-0.3, -0.25) is 4.79 Å². The molecule has 0 atom stereocenters. The van der Waals surface area contributed by atoms with Crippen LogP contribution in [-0.2, 0) is 17.5 Å². The molecule has 1 fully saturated rings. The Balaban J connectivity index is 0.00000196. The number of halogens is 2. The summed E-state index contributed by atoms with van der Waals surface area (Å²) in [5, 5.41) is 0.922. The van der Waals surface area contributed by atoms with E-state index in [1.54, 1.807) is 24.0 Å². The van der Waals surface area contributed by atoms with Gasteiger partial charge in [-0.2, -0.15) is 0 Å². The number of aromatic nitrogens is 2. The van der Waals surface area contributed by atoms with Crippen LogP contribution in [0.25, 0.3) is 0 Å². The Labute approximate surface area is 182 Å². The van der Waals surface area contributed by atoms with Crippen molar-refractivity contribution in [2.45, 2.75) is 36.3 Å². The minimum Gasteiger partial charge on any atom is -0.455 e. The number of nitrogens with zero attached hydrogens (tertiary/aromatic N) is 3. The van der Waals surface area contributed by atoms with Crippen LogP contribution < -0.4 is 5.73 Å². The monoisotopic (exact) mass is 450 g/mol. The van der Waals surface area contributed by atoms with Crippen molar-refractivity contribution in [3.63, 3.8) is 0 Å². The summed E-state index contributed by atoms with van der Waals surface area (Å²) in [5.41, 5.74) is 5.48. The first kappa shape index (κ1) is 24.8. The van der Waals surface area contributed by atoms with Crippen LogP contribution in [0.2, 0.25) is 0 Å². The number of hydrogen-bond donors (Lipinski definition) is 1. The van der Waals surface area contributed by atoms with Crippen LogP contribution in [-0.4, -0.2) is 52.7 Å². The second kappa shape index (κ2) is 12.4. The molecule has 10 heteroatoms. The van der Waals surface area contributed by atoms with Gasteiger partial charge in [0.25, 0.3) is 5.91 Å². The lowest BCUT2D eigenvalue weighted by Gasteiger charge is -2.31. The zero-order chi connectivity index (χ0) is 18.4. The Hall–Kier alpha value is -1.19. The van der Waals surface area contributed by atoms with Gasteiger partial charge >= 0.3 is 0 Å². The third-order valence-corrected chi connectivity index (χ3v) is 5.50. The fourth-order valence-electron chi connectivity index (χ4n) is 2.91. The second-order valence-electron chi connectivity index (χ2n) is 6.38. The maximum Gasteiger partial charge on any atom is 0.289 e. The van der Waals surface area contributed by atoms with Crippen LogP contribution in [0.3, 0.4) is 0 Å². The SMILES string of the molecule is Cl.Cl.Cn1ccnc1SCc1ccc(C(=O)N2CCC(OCCCN)CC2)o1. The third-order valence-electron chi connectivity index (χ3n) is 4.42. The molecule has 0 radical (unpaired) electrons. The lowest BCUT2D eigenvalue weighted by molar-refractivity contribution is 0.00761. The number of likely N-dealkylation sites (tertiary alicyclic amines) is 1. The highest BCUT2D eigenvalue weighted by molar-refractivity contribution is 7.98. The molecule has 0 unspecified atom stereocenters. The zero-order valence-corrected chi connectivity index (χ0v) is 18.4. The molecule has 1 saturated heterocycles. The number of carbonyl (C=O) groups is 1. The van der Waals surface area contributed by atoms with Gasteiger partial charge in [0.05, 0.1) is 11.9 Å². The van der Waals surface area contributed by atoms with E-state index in [4.69, 9.17) is 14.9 Å². The maximum absolute atomic E-state index is 12.6. The van der Waals surface area contributed by atoms with Crippen molar-refractivity contribution in [1.29, 1.82) is 0 Å². The Morgan fingerprint density at radius 3 is 2.75 bits per heavy atom. The van der Waals surface area contributed by atoms with Gasteiger partial charge in [0.15, 0.2) is 10.9 Å². The number of amides is 1. The van der Waals surface area contributed by atoms with E-state index in [-0.39, 0.29) is 36.8 Å². The number of piperidine rings is 1. The van der Waals surface area contributed by atoms with Crippen LogP contribution in [0.1, 0.15) is 35.6 Å². The largest absolute Gasteiger partial charge is 0.455 e. The Kier molecular flexibility index (Phi) is 11.0. The molecular weight excluding hydrogens is 423 g/mol. The topological polar surface area (TPSA) is 86.5 Å². The number of ether oxygens (including phenoxy) is 1. The Morgan fingerprint density at radius 2 is 2.11 bits per heavy atom. The summed E-state index contributed by atoms with van der Waals surface area (Å²) in [4.78, 5) is 18.7. The highest BCUT2D eigenvalue weighted by atomic mass is 35.5. The van der Waals surface area contributed by atoms with Crippen molar-refractivity contribution in [1.82, 2.24) is 14.5 Å². The molecule has 3 rings (SSSR count). The number of thioether (sulfide) groups is 1. The van der Waals surface area contributed by atoms with Crippen molar-refractivity contribution >= 4 is 42.5 Å². The first-order valence-corrected chi connectivity index (χ1v) is 9.95. The molecule has 0 aliphatic carbocycles. The number of nitrogens with two attached hydrogens (primary N) is 1. The summed E-state index contributed by atoms with van der Waals surface area (Å²) < 4.78 is 13.5. The molecule has 2 aromatic rings. The lowest BCUT2D eigenvalue weighted by atomic mass is 10.1. The van der Waals surface area contributed by atoms with Gasteiger partial charge in [-0.05, 0) is 37.9 Å². The van der Waals surface area contributed by atoms with Gasteiger partial charge in [-0.1, -0.05) is 11.8 Å². The zero-order valence-electron chi connectivity index (χ0n) is 15.9. The predicted octanol–water partition coefficient (Wildman–Crippen LogP) is 3.12. The van der Waals surface area contributed by atoms with E-state index in [1.807, 2.05) is 28.8 Å². The van der Waals surface area contributed by atoms with Crippen molar-refractivity contribution in [2.75, 3.05) is 26.2 Å². The van der Waals surface area contributed by atoms with Crippen molar-refractivity contribution in [3.8, 4) is 0 Å². The van der Waals surface area contributed by atoms with E-state index >= 15 is 0 Å². The summed E-state index contributed by atoms with van der Waals surface area (Å²) in [6.07, 6.45) is 6.50. The molecule has 1 amide bonds. The van der Waals surface area contributed by atoms with Crippen LogP contribution in [0.4, 0.5) is 0 Å². The number of aryl methyl sites for hydroxylation is 1. The average molecular weight is 451 g/mol. The van der Waals surface area contributed by atoms with E-state index in [2.05, 4.69) is 4.98 Å². The molecule has 1 aliphatic heterocycles. The van der Waals surface area contributed by atoms with Gasteiger partial charge in [-0.25, -0.2) is 4.98 Å². The maximum atomic E-state index is 12.6. The number of imidazole rings is 1. The minimum atomic E-state index is -0.0429. The first-order chi connectivity index (χ1) is 12.7. The molecule has 1 aliphatic rings. The number of rotatable bonds is 8. The molecular formula is C18H28Cl2N4O3S. The smallest absolute Gasteiger partial charge is 0.289 e. The van der Waals surface area contributed by atoms with E-state index in [0.29, 0.717) is 37.8 Å². The van der Waals surface area contributed by atoms with E-state index in [9.17, 15) is 4.79 Å². The van der Waals surface area contributed by atoms with Crippen LogP contribution in [0.15, 0.2) is 34.1 Å². The molecule has 158 valence electrons. The molecule has 2 aromatic heterocycles. The summed E-state index contributed by atoms with van der Waals surface area (Å²) in [7, 11) is 1.95. The molecule has 7 nitrogen and oxygen atoms in total. The predicted molar refractivity (Wildman–Crippen MR) is 115 cm³/mol. The highest BCUT2D eigenvalue weighted by Crippen LogP contribution is 2.23. The van der Waals surface area contributed by atoms with Gasteiger partial charge in [0.2, 0.25) is 0 Å². The van der Waals surface area contributed by atoms with Gasteiger partial charge in [0, 0.05) is 39.1 Å². The Morgan fingerprint density at radius 1 is 1.36 bits per heavy atom. The molecule has 3 heterocycles. The summed E-state index contributed by atoms with van der Waals surface area (Å²) >= 11 is 1.58. The fourth-order valence-corrected chi connectivity index (χ4v) is 3.74. The normalized spacial score (nSPS) is 14.4. The van der Waals surface area contributed by atoms with Crippen LogP contribution in [0.5, 0.6) is 0 Å². The van der Waals surface area contributed by atoms with Crippen LogP contribution in [0, 0.1) is 0 Å². The van der Waals surface area contributed by atoms with E-state index in [0.717, 1.165) is 30.2 Å². The molecule has 0 saturated carbocycles. The Bertz CT molecular complexity index is 717. The minimum absolute atomic E-state index is 0. The van der Waals surface area contributed by atoms with E-state index in [1.165, 1.54) is 0 Å². The molecule has 2 N–H and O–H groups in total. The van der Waals surface area contributed by atoms with Gasteiger partial charge < -0.3 is 24.4 Å². The highest BCUT2D eigenvalue weighted by Gasteiger charge is 2.25. The first-order valence-electron chi connectivity index (χ1n) is 8.97. The summed E-state index contributed by atoms with van der Waals surface area (Å²) in [6, 6.07) is 3.63. The van der Waals surface area contributed by atoms with Crippen molar-refractivity contribution in [2.24, 2.45) is 12.8 Å². The number of carbonyl (C=O) groups excluding carboxylic acids is 1. The van der Waals surface area contributed by atoms with E-state index < -0.39 is 0 Å². The van der Waals surface area contributed by atoms with Crippen molar-refractivity contribution < 1.29 is 13.9 Å². The van der Waals surface area contributed by atoms with Gasteiger partial charge in [0.1, 0.15) is 5.76 Å². The third kappa shape index (κ3) is 6.70. The molecule has 0 bridgehead atoms. The van der Waals surface area contributed by atoms with Crippen LogP contribution >= 0.6 is 36.6 Å².